The van der Waals surface area contributed by atoms with Crippen LogP contribution in [0.3, 0.4) is 0 Å². The van der Waals surface area contributed by atoms with Gasteiger partial charge in [-0.3, -0.25) is 4.79 Å². The van der Waals surface area contributed by atoms with Crippen LogP contribution in [-0.2, 0) is 0 Å². The van der Waals surface area contributed by atoms with Crippen LogP contribution in [0.1, 0.15) is 36.5 Å². The van der Waals surface area contributed by atoms with E-state index in [0.717, 1.165) is 9.13 Å². The molecule has 1 unspecified atom stereocenters. The first kappa shape index (κ1) is 11.9. The Bertz CT molecular complexity index is 370. The third-order valence-electron chi connectivity index (χ3n) is 3.32. The number of nitrogens with one attached hydrogen (secondary N) is 1. The van der Waals surface area contributed by atoms with Crippen LogP contribution in [0.15, 0.2) is 24.3 Å². The smallest absolute Gasteiger partial charge is 0.251 e. The Morgan fingerprint density at radius 2 is 2.00 bits per heavy atom. The number of amides is 1. The van der Waals surface area contributed by atoms with Gasteiger partial charge in [0.1, 0.15) is 0 Å². The van der Waals surface area contributed by atoms with Gasteiger partial charge in [0.2, 0.25) is 0 Å². The van der Waals surface area contributed by atoms with Crippen LogP contribution in [0.25, 0.3) is 0 Å². The summed E-state index contributed by atoms with van der Waals surface area (Å²) in [6.45, 7) is 2.11. The summed E-state index contributed by atoms with van der Waals surface area (Å²) < 4.78 is 1.15. The van der Waals surface area contributed by atoms with Gasteiger partial charge in [-0.05, 0) is 72.5 Å². The van der Waals surface area contributed by atoms with Crippen molar-refractivity contribution in [3.63, 3.8) is 0 Å². The molecule has 1 aromatic rings. The van der Waals surface area contributed by atoms with E-state index in [1.807, 2.05) is 24.3 Å². The molecular weight excluding hydrogens is 313 g/mol. The van der Waals surface area contributed by atoms with Crippen molar-refractivity contribution in [1.29, 1.82) is 0 Å². The van der Waals surface area contributed by atoms with Gasteiger partial charge >= 0.3 is 0 Å². The van der Waals surface area contributed by atoms with Crippen molar-refractivity contribution in [2.24, 2.45) is 5.92 Å². The maximum Gasteiger partial charge on any atom is 0.251 e. The number of hydrogen-bond acceptors (Lipinski definition) is 1. The molecule has 1 N–H and O–H groups in total. The quantitative estimate of drug-likeness (QED) is 0.848. The summed E-state index contributed by atoms with van der Waals surface area (Å²) in [6, 6.07) is 7.99. The Morgan fingerprint density at radius 3 is 2.50 bits per heavy atom. The average Bonchev–Trinajstić information content (AvgIpc) is 2.15. The van der Waals surface area contributed by atoms with Crippen molar-refractivity contribution in [1.82, 2.24) is 5.32 Å². The molecular formula is C13H16INO. The van der Waals surface area contributed by atoms with Crippen molar-refractivity contribution in [2.75, 3.05) is 0 Å². The summed E-state index contributed by atoms with van der Waals surface area (Å²) in [4.78, 5) is 11.9. The molecule has 0 radical (unpaired) electrons. The predicted octanol–water partition coefficient (Wildman–Crippen LogP) is 3.21. The van der Waals surface area contributed by atoms with Gasteiger partial charge in [0.25, 0.3) is 5.91 Å². The van der Waals surface area contributed by atoms with Crippen molar-refractivity contribution in [3.8, 4) is 0 Å². The number of carbonyl (C=O) groups is 1. The van der Waals surface area contributed by atoms with Crippen LogP contribution in [0, 0.1) is 9.49 Å². The normalized spacial score (nSPS) is 17.6. The number of halogens is 1. The SMILES string of the molecule is CC(NC(=O)c1ccc(I)cc1)C1CCC1. The Morgan fingerprint density at radius 1 is 1.38 bits per heavy atom. The van der Waals surface area contributed by atoms with Gasteiger partial charge in [-0.2, -0.15) is 0 Å². The van der Waals surface area contributed by atoms with E-state index in [4.69, 9.17) is 0 Å². The highest BCUT2D eigenvalue weighted by Gasteiger charge is 2.25. The summed E-state index contributed by atoms with van der Waals surface area (Å²) in [7, 11) is 0. The highest BCUT2D eigenvalue weighted by Crippen LogP contribution is 2.29. The van der Waals surface area contributed by atoms with Gasteiger partial charge in [0, 0.05) is 15.2 Å². The topological polar surface area (TPSA) is 29.1 Å². The Hall–Kier alpha value is -0.580. The zero-order valence-corrected chi connectivity index (χ0v) is 11.5. The van der Waals surface area contributed by atoms with E-state index in [-0.39, 0.29) is 5.91 Å². The van der Waals surface area contributed by atoms with Crippen LogP contribution in [0.5, 0.6) is 0 Å². The molecule has 0 spiro atoms. The molecule has 0 aromatic heterocycles. The fraction of sp³-hybridized carbons (Fsp3) is 0.462. The lowest BCUT2D eigenvalue weighted by molar-refractivity contribution is 0.0909. The van der Waals surface area contributed by atoms with Crippen LogP contribution >= 0.6 is 22.6 Å². The molecule has 1 amide bonds. The van der Waals surface area contributed by atoms with Crippen LogP contribution in [0.4, 0.5) is 0 Å². The average molecular weight is 329 g/mol. The minimum Gasteiger partial charge on any atom is -0.349 e. The van der Waals surface area contributed by atoms with E-state index >= 15 is 0 Å². The third kappa shape index (κ3) is 2.75. The zero-order valence-electron chi connectivity index (χ0n) is 9.37. The summed E-state index contributed by atoms with van der Waals surface area (Å²) in [5.41, 5.74) is 0.756. The summed E-state index contributed by atoms with van der Waals surface area (Å²) in [6.07, 6.45) is 3.83. The van der Waals surface area contributed by atoms with E-state index in [9.17, 15) is 4.79 Å². The molecule has 3 heteroatoms. The highest BCUT2D eigenvalue weighted by atomic mass is 127. The van der Waals surface area contributed by atoms with Crippen molar-refractivity contribution >= 4 is 28.5 Å². The van der Waals surface area contributed by atoms with Gasteiger partial charge in [-0.1, -0.05) is 6.42 Å². The molecule has 1 aliphatic rings. The first-order valence-corrected chi connectivity index (χ1v) is 6.81. The predicted molar refractivity (Wildman–Crippen MR) is 73.4 cm³/mol. The molecule has 0 bridgehead atoms. The molecule has 1 atom stereocenters. The van der Waals surface area contributed by atoms with E-state index in [1.54, 1.807) is 0 Å². The molecule has 86 valence electrons. The molecule has 0 saturated heterocycles. The largest absolute Gasteiger partial charge is 0.349 e. The molecule has 2 rings (SSSR count). The van der Waals surface area contributed by atoms with Gasteiger partial charge < -0.3 is 5.32 Å². The first-order chi connectivity index (χ1) is 7.66. The van der Waals surface area contributed by atoms with Crippen molar-refractivity contribution in [3.05, 3.63) is 33.4 Å². The van der Waals surface area contributed by atoms with Crippen LogP contribution in [0.2, 0.25) is 0 Å². The lowest BCUT2D eigenvalue weighted by Crippen LogP contribution is -2.40. The van der Waals surface area contributed by atoms with Gasteiger partial charge in [-0.15, -0.1) is 0 Å². The second kappa shape index (κ2) is 5.17. The molecule has 0 aliphatic heterocycles. The van der Waals surface area contributed by atoms with Crippen LogP contribution in [-0.4, -0.2) is 11.9 Å². The molecule has 16 heavy (non-hydrogen) atoms. The minimum absolute atomic E-state index is 0.0517. The third-order valence-corrected chi connectivity index (χ3v) is 4.04. The molecule has 2 nitrogen and oxygen atoms in total. The van der Waals surface area contributed by atoms with Gasteiger partial charge in [0.15, 0.2) is 0 Å². The lowest BCUT2D eigenvalue weighted by atomic mass is 9.80. The monoisotopic (exact) mass is 329 g/mol. The van der Waals surface area contributed by atoms with Crippen molar-refractivity contribution < 1.29 is 4.79 Å². The Kier molecular flexibility index (Phi) is 3.84. The van der Waals surface area contributed by atoms with E-state index in [1.165, 1.54) is 19.3 Å². The van der Waals surface area contributed by atoms with Gasteiger partial charge in [-0.25, -0.2) is 0 Å². The minimum atomic E-state index is 0.0517. The summed E-state index contributed by atoms with van der Waals surface area (Å²) in [5.74, 6) is 0.739. The van der Waals surface area contributed by atoms with E-state index in [2.05, 4.69) is 34.8 Å². The summed E-state index contributed by atoms with van der Waals surface area (Å²) in [5, 5.41) is 3.08. The molecule has 1 aliphatic carbocycles. The molecule has 1 aromatic carbocycles. The lowest BCUT2D eigenvalue weighted by Gasteiger charge is -2.31. The molecule has 1 saturated carbocycles. The van der Waals surface area contributed by atoms with E-state index < -0.39 is 0 Å². The fourth-order valence-corrected chi connectivity index (χ4v) is 2.31. The van der Waals surface area contributed by atoms with Crippen molar-refractivity contribution in [2.45, 2.75) is 32.2 Å². The zero-order chi connectivity index (χ0) is 11.5. The number of benzene rings is 1. The fourth-order valence-electron chi connectivity index (χ4n) is 1.95. The highest BCUT2D eigenvalue weighted by molar-refractivity contribution is 14.1. The Balaban J connectivity index is 1.94. The number of hydrogen-bond donors (Lipinski definition) is 1. The second-order valence-electron chi connectivity index (χ2n) is 4.46. The standard InChI is InChI=1S/C13H16INO/c1-9(10-3-2-4-10)15-13(16)11-5-7-12(14)8-6-11/h5-10H,2-4H2,1H3,(H,15,16). The summed E-state index contributed by atoms with van der Waals surface area (Å²) >= 11 is 2.24. The molecule has 0 heterocycles. The number of carbonyl (C=O) groups excluding carboxylic acids is 1. The molecule has 1 fully saturated rings. The van der Waals surface area contributed by atoms with E-state index in [0.29, 0.717) is 12.0 Å². The maximum atomic E-state index is 11.9. The second-order valence-corrected chi connectivity index (χ2v) is 5.71. The number of rotatable bonds is 3. The first-order valence-electron chi connectivity index (χ1n) is 5.73. The van der Waals surface area contributed by atoms with Gasteiger partial charge in [0.05, 0.1) is 0 Å². The maximum absolute atomic E-state index is 11.9. The van der Waals surface area contributed by atoms with Crippen LogP contribution < -0.4 is 5.32 Å². The Labute approximate surface area is 110 Å².